The number of benzene rings is 1. The molecule has 0 saturated carbocycles. The largest absolute Gasteiger partial charge is 0.399 e. The summed E-state index contributed by atoms with van der Waals surface area (Å²) in [6, 6.07) is 5.32. The second-order valence-electron chi connectivity index (χ2n) is 4.99. The minimum absolute atomic E-state index is 0.0242. The van der Waals surface area contributed by atoms with E-state index in [0.717, 1.165) is 5.69 Å². The van der Waals surface area contributed by atoms with Crippen molar-refractivity contribution in [1.82, 2.24) is 4.90 Å². The first-order valence-electron chi connectivity index (χ1n) is 6.37. The Labute approximate surface area is 114 Å². The minimum atomic E-state index is -0.111. The van der Waals surface area contributed by atoms with E-state index in [1.54, 1.807) is 17.0 Å². The van der Waals surface area contributed by atoms with Crippen molar-refractivity contribution in [1.29, 1.82) is 0 Å². The summed E-state index contributed by atoms with van der Waals surface area (Å²) in [6.45, 7) is 4.12. The molecule has 0 atom stereocenters. The maximum atomic E-state index is 12.6. The van der Waals surface area contributed by atoms with Gasteiger partial charge in [0.15, 0.2) is 0 Å². The van der Waals surface area contributed by atoms with Crippen molar-refractivity contribution in [3.05, 3.63) is 23.8 Å². The molecule has 0 bridgehead atoms. The van der Waals surface area contributed by atoms with Crippen LogP contribution in [0.25, 0.3) is 0 Å². The zero-order chi connectivity index (χ0) is 14.6. The number of aliphatic hydroxyl groups excluding tert-OH is 1. The van der Waals surface area contributed by atoms with Gasteiger partial charge < -0.3 is 20.6 Å². The second kappa shape index (κ2) is 6.43. The number of nitrogen functional groups attached to an aromatic ring is 1. The van der Waals surface area contributed by atoms with E-state index >= 15 is 0 Å². The van der Waals surface area contributed by atoms with Crippen LogP contribution < -0.4 is 10.6 Å². The molecule has 19 heavy (non-hydrogen) atoms. The Bertz CT molecular complexity index is 444. The number of rotatable bonds is 5. The molecule has 0 unspecified atom stereocenters. The third kappa shape index (κ3) is 3.61. The molecular weight excluding hydrogens is 242 g/mol. The predicted octanol–water partition coefficient (Wildman–Crippen LogP) is 1.18. The van der Waals surface area contributed by atoms with Crippen molar-refractivity contribution < 1.29 is 9.90 Å². The first-order chi connectivity index (χ1) is 8.88. The number of nitrogens with two attached hydrogens (primary N) is 1. The maximum absolute atomic E-state index is 12.6. The molecule has 0 heterocycles. The fourth-order valence-electron chi connectivity index (χ4n) is 1.97. The van der Waals surface area contributed by atoms with E-state index in [-0.39, 0.29) is 18.6 Å². The molecule has 5 heteroatoms. The molecule has 1 rings (SSSR count). The third-order valence-corrected chi connectivity index (χ3v) is 2.96. The highest BCUT2D eigenvalue weighted by Crippen LogP contribution is 2.23. The molecule has 0 spiro atoms. The van der Waals surface area contributed by atoms with Crippen LogP contribution in [-0.4, -0.2) is 49.2 Å². The average Bonchev–Trinajstić information content (AvgIpc) is 2.34. The lowest BCUT2D eigenvalue weighted by atomic mass is 10.1. The van der Waals surface area contributed by atoms with Gasteiger partial charge in [0.2, 0.25) is 0 Å². The van der Waals surface area contributed by atoms with Gasteiger partial charge in [0.1, 0.15) is 0 Å². The average molecular weight is 265 g/mol. The van der Waals surface area contributed by atoms with Gasteiger partial charge in [-0.25, -0.2) is 0 Å². The van der Waals surface area contributed by atoms with E-state index in [9.17, 15) is 4.79 Å². The van der Waals surface area contributed by atoms with Crippen LogP contribution in [0.4, 0.5) is 11.4 Å². The minimum Gasteiger partial charge on any atom is -0.399 e. The summed E-state index contributed by atoms with van der Waals surface area (Å²) < 4.78 is 0. The zero-order valence-corrected chi connectivity index (χ0v) is 12.1. The summed E-state index contributed by atoms with van der Waals surface area (Å²) >= 11 is 0. The number of carbonyl (C=O) groups excluding carboxylic acids is 1. The molecule has 0 aliphatic heterocycles. The Morgan fingerprint density at radius 1 is 1.37 bits per heavy atom. The number of nitrogens with zero attached hydrogens (tertiary/aromatic N) is 2. The molecule has 1 aromatic carbocycles. The molecule has 0 aliphatic rings. The lowest BCUT2D eigenvalue weighted by Crippen LogP contribution is -2.39. The van der Waals surface area contributed by atoms with Gasteiger partial charge in [0, 0.05) is 38.1 Å². The van der Waals surface area contributed by atoms with Gasteiger partial charge in [-0.15, -0.1) is 0 Å². The van der Waals surface area contributed by atoms with Crippen molar-refractivity contribution in [3.8, 4) is 0 Å². The number of carbonyl (C=O) groups is 1. The first kappa shape index (κ1) is 15.3. The number of hydrogen-bond acceptors (Lipinski definition) is 4. The molecule has 3 N–H and O–H groups in total. The van der Waals surface area contributed by atoms with Crippen LogP contribution in [-0.2, 0) is 0 Å². The predicted molar refractivity (Wildman–Crippen MR) is 78.4 cm³/mol. The highest BCUT2D eigenvalue weighted by atomic mass is 16.3. The molecule has 0 aromatic heterocycles. The summed E-state index contributed by atoms with van der Waals surface area (Å²) in [5.41, 5.74) is 7.72. The van der Waals surface area contributed by atoms with Gasteiger partial charge in [-0.05, 0) is 32.0 Å². The van der Waals surface area contributed by atoms with E-state index in [0.29, 0.717) is 17.8 Å². The van der Waals surface area contributed by atoms with Crippen LogP contribution in [0.1, 0.15) is 24.2 Å². The van der Waals surface area contributed by atoms with Crippen LogP contribution in [0.2, 0.25) is 0 Å². The molecule has 0 aliphatic carbocycles. The van der Waals surface area contributed by atoms with Gasteiger partial charge in [-0.1, -0.05) is 0 Å². The summed E-state index contributed by atoms with van der Waals surface area (Å²) in [7, 11) is 3.77. The van der Waals surface area contributed by atoms with Gasteiger partial charge in [0.05, 0.1) is 12.2 Å². The van der Waals surface area contributed by atoms with Crippen LogP contribution in [0.3, 0.4) is 0 Å². The number of amides is 1. The monoisotopic (exact) mass is 265 g/mol. The van der Waals surface area contributed by atoms with Gasteiger partial charge >= 0.3 is 0 Å². The van der Waals surface area contributed by atoms with E-state index in [2.05, 4.69) is 0 Å². The molecular formula is C14H23N3O2. The van der Waals surface area contributed by atoms with Gasteiger partial charge in [-0.2, -0.15) is 0 Å². The summed E-state index contributed by atoms with van der Waals surface area (Å²) in [5, 5.41) is 9.09. The Kier molecular flexibility index (Phi) is 5.18. The summed E-state index contributed by atoms with van der Waals surface area (Å²) in [6.07, 6.45) is 0. The number of aliphatic hydroxyl groups is 1. The van der Waals surface area contributed by atoms with Crippen LogP contribution >= 0.6 is 0 Å². The molecule has 0 fully saturated rings. The summed E-state index contributed by atoms with van der Waals surface area (Å²) in [4.78, 5) is 16.1. The van der Waals surface area contributed by atoms with Crippen molar-refractivity contribution >= 4 is 17.3 Å². The molecule has 0 saturated heterocycles. The lowest BCUT2D eigenvalue weighted by Gasteiger charge is -2.28. The topological polar surface area (TPSA) is 69.8 Å². The van der Waals surface area contributed by atoms with Crippen LogP contribution in [0.15, 0.2) is 18.2 Å². The molecule has 106 valence electrons. The quantitative estimate of drug-likeness (QED) is 0.784. The lowest BCUT2D eigenvalue weighted by molar-refractivity contribution is 0.0666. The van der Waals surface area contributed by atoms with Crippen molar-refractivity contribution in [2.75, 3.05) is 37.9 Å². The fourth-order valence-corrected chi connectivity index (χ4v) is 1.97. The molecule has 0 radical (unpaired) electrons. The van der Waals surface area contributed by atoms with E-state index < -0.39 is 0 Å². The highest BCUT2D eigenvalue weighted by Gasteiger charge is 2.21. The Hall–Kier alpha value is -1.75. The van der Waals surface area contributed by atoms with E-state index in [1.165, 1.54) is 0 Å². The Morgan fingerprint density at radius 3 is 2.47 bits per heavy atom. The maximum Gasteiger partial charge on any atom is 0.256 e. The van der Waals surface area contributed by atoms with E-state index in [4.69, 9.17) is 10.8 Å². The van der Waals surface area contributed by atoms with Crippen molar-refractivity contribution in [2.45, 2.75) is 19.9 Å². The molecule has 5 nitrogen and oxygen atoms in total. The van der Waals surface area contributed by atoms with Crippen molar-refractivity contribution in [3.63, 3.8) is 0 Å². The van der Waals surface area contributed by atoms with Gasteiger partial charge in [-0.3, -0.25) is 4.79 Å². The highest BCUT2D eigenvalue weighted by molar-refractivity contribution is 6.00. The normalized spacial score (nSPS) is 10.6. The fraction of sp³-hybridized carbons (Fsp3) is 0.500. The number of hydrogen-bond donors (Lipinski definition) is 2. The van der Waals surface area contributed by atoms with E-state index in [1.807, 2.05) is 38.9 Å². The zero-order valence-electron chi connectivity index (χ0n) is 12.1. The summed E-state index contributed by atoms with van der Waals surface area (Å²) in [5.74, 6) is -0.111. The Morgan fingerprint density at radius 2 is 2.00 bits per heavy atom. The Balaban J connectivity index is 3.19. The molecule has 1 amide bonds. The standard InChI is InChI=1S/C14H23N3O2/c1-10(2)17(7-8-18)14(19)12-9-11(15)5-6-13(12)16(3)4/h5-6,9-10,18H,7-8,15H2,1-4H3. The molecule has 1 aromatic rings. The smallest absolute Gasteiger partial charge is 0.256 e. The van der Waals surface area contributed by atoms with Crippen LogP contribution in [0, 0.1) is 0 Å². The van der Waals surface area contributed by atoms with Crippen molar-refractivity contribution in [2.24, 2.45) is 0 Å². The SMILES string of the molecule is CC(C)N(CCO)C(=O)c1cc(N)ccc1N(C)C. The second-order valence-corrected chi connectivity index (χ2v) is 4.99. The van der Waals surface area contributed by atoms with Gasteiger partial charge in [0.25, 0.3) is 5.91 Å². The third-order valence-electron chi connectivity index (χ3n) is 2.96. The number of anilines is 2. The first-order valence-corrected chi connectivity index (χ1v) is 6.37. The van der Waals surface area contributed by atoms with Crippen LogP contribution in [0.5, 0.6) is 0 Å².